The molecule has 3 heteroatoms. The van der Waals surface area contributed by atoms with Crippen LogP contribution in [0.15, 0.2) is 42.6 Å². The van der Waals surface area contributed by atoms with Gasteiger partial charge in [-0.25, -0.2) is 0 Å². The first-order valence-electron chi connectivity index (χ1n) is 7.79. The molecule has 1 unspecified atom stereocenters. The van der Waals surface area contributed by atoms with Gasteiger partial charge < -0.3 is 10.0 Å². The van der Waals surface area contributed by atoms with Crippen LogP contribution in [0.1, 0.15) is 43.5 Å². The third-order valence-electron chi connectivity index (χ3n) is 4.17. The van der Waals surface area contributed by atoms with Gasteiger partial charge in [0.25, 0.3) is 0 Å². The van der Waals surface area contributed by atoms with Gasteiger partial charge in [-0.3, -0.25) is 4.98 Å². The van der Waals surface area contributed by atoms with Crippen LogP contribution in [0.2, 0.25) is 0 Å². The predicted molar refractivity (Wildman–Crippen MR) is 85.9 cm³/mol. The maximum atomic E-state index is 9.86. The van der Waals surface area contributed by atoms with Gasteiger partial charge in [-0.15, -0.1) is 0 Å². The number of aliphatic hydroxyl groups excluding tert-OH is 1. The summed E-state index contributed by atoms with van der Waals surface area (Å²) in [7, 11) is 0. The molecule has 3 rings (SSSR count). The van der Waals surface area contributed by atoms with E-state index in [-0.39, 0.29) is 0 Å². The van der Waals surface area contributed by atoms with Crippen molar-refractivity contribution in [3.63, 3.8) is 0 Å². The molecular formula is C18H22N2O. The third kappa shape index (κ3) is 2.93. The minimum absolute atomic E-state index is 0.463. The number of hydrogen-bond donors (Lipinski definition) is 1. The van der Waals surface area contributed by atoms with Crippen molar-refractivity contribution in [1.29, 1.82) is 0 Å². The van der Waals surface area contributed by atoms with Crippen molar-refractivity contribution in [2.24, 2.45) is 0 Å². The second-order valence-electron chi connectivity index (χ2n) is 5.60. The number of para-hydroxylation sites is 1. The Bertz CT molecular complexity index is 594. The fourth-order valence-electron chi connectivity index (χ4n) is 2.92. The van der Waals surface area contributed by atoms with E-state index in [1.807, 2.05) is 19.2 Å². The minimum Gasteiger partial charge on any atom is -0.387 e. The summed E-state index contributed by atoms with van der Waals surface area (Å²) in [6, 6.07) is 12.6. The number of aliphatic hydroxyl groups is 1. The van der Waals surface area contributed by atoms with Crippen LogP contribution in [0.4, 0.5) is 11.4 Å². The van der Waals surface area contributed by atoms with E-state index in [9.17, 15) is 5.11 Å². The first-order chi connectivity index (χ1) is 10.3. The number of hydrogen-bond acceptors (Lipinski definition) is 3. The summed E-state index contributed by atoms with van der Waals surface area (Å²) in [6.07, 6.45) is 5.68. The van der Waals surface area contributed by atoms with Gasteiger partial charge in [-0.2, -0.15) is 0 Å². The number of rotatable bonds is 3. The lowest BCUT2D eigenvalue weighted by Gasteiger charge is -2.25. The van der Waals surface area contributed by atoms with Crippen LogP contribution < -0.4 is 4.90 Å². The van der Waals surface area contributed by atoms with Gasteiger partial charge in [0.2, 0.25) is 0 Å². The molecule has 1 N–H and O–H groups in total. The number of anilines is 2. The second-order valence-corrected chi connectivity index (χ2v) is 5.60. The monoisotopic (exact) mass is 282 g/mol. The molecule has 0 spiro atoms. The lowest BCUT2D eigenvalue weighted by atomic mass is 10.1. The number of pyridine rings is 1. The van der Waals surface area contributed by atoms with Crippen molar-refractivity contribution in [3.8, 4) is 0 Å². The van der Waals surface area contributed by atoms with Crippen LogP contribution >= 0.6 is 0 Å². The summed E-state index contributed by atoms with van der Waals surface area (Å²) in [5.41, 5.74) is 4.56. The summed E-state index contributed by atoms with van der Waals surface area (Å²) in [6.45, 7) is 2.99. The quantitative estimate of drug-likeness (QED) is 0.924. The van der Waals surface area contributed by atoms with E-state index in [1.165, 1.54) is 24.1 Å². The van der Waals surface area contributed by atoms with E-state index < -0.39 is 6.10 Å². The Morgan fingerprint density at radius 2 is 2.05 bits per heavy atom. The van der Waals surface area contributed by atoms with E-state index in [0.29, 0.717) is 6.42 Å². The molecule has 1 aliphatic rings. The Kier molecular flexibility index (Phi) is 4.20. The number of aryl methyl sites for hydroxylation is 1. The van der Waals surface area contributed by atoms with Crippen molar-refractivity contribution in [2.45, 2.75) is 38.7 Å². The second kappa shape index (κ2) is 6.27. The normalized spacial score (nSPS) is 16.2. The van der Waals surface area contributed by atoms with Gasteiger partial charge in [0.15, 0.2) is 0 Å². The molecule has 2 aromatic rings. The van der Waals surface area contributed by atoms with Gasteiger partial charge in [-0.05, 0) is 49.4 Å². The Hall–Kier alpha value is -1.87. The molecular weight excluding hydrogens is 260 g/mol. The highest BCUT2D eigenvalue weighted by molar-refractivity contribution is 5.66. The molecule has 110 valence electrons. The molecule has 0 fully saturated rings. The van der Waals surface area contributed by atoms with Crippen molar-refractivity contribution < 1.29 is 5.11 Å². The number of aromatic nitrogens is 1. The maximum absolute atomic E-state index is 9.86. The largest absolute Gasteiger partial charge is 0.387 e. The van der Waals surface area contributed by atoms with Crippen LogP contribution in [0.3, 0.4) is 0 Å². The summed E-state index contributed by atoms with van der Waals surface area (Å²) in [4.78, 5) is 6.78. The van der Waals surface area contributed by atoms with Crippen LogP contribution in [-0.4, -0.2) is 16.6 Å². The SMILES string of the molecule is CCC(O)c1ccc(N2CCCCc3ccccc32)cn1. The third-order valence-corrected chi connectivity index (χ3v) is 4.17. The van der Waals surface area contributed by atoms with Crippen LogP contribution in [-0.2, 0) is 6.42 Å². The van der Waals surface area contributed by atoms with E-state index >= 15 is 0 Å². The van der Waals surface area contributed by atoms with Gasteiger partial charge in [0.1, 0.15) is 0 Å². The molecule has 0 saturated heterocycles. The predicted octanol–water partition coefficient (Wildman–Crippen LogP) is 4.00. The maximum Gasteiger partial charge on any atom is 0.0957 e. The van der Waals surface area contributed by atoms with Crippen molar-refractivity contribution in [2.75, 3.05) is 11.4 Å². The van der Waals surface area contributed by atoms with Crippen LogP contribution in [0.25, 0.3) is 0 Å². The van der Waals surface area contributed by atoms with Crippen LogP contribution in [0, 0.1) is 0 Å². The molecule has 0 bridgehead atoms. The molecule has 1 aromatic carbocycles. The molecule has 21 heavy (non-hydrogen) atoms. The fraction of sp³-hybridized carbons (Fsp3) is 0.389. The zero-order chi connectivity index (χ0) is 14.7. The fourth-order valence-corrected chi connectivity index (χ4v) is 2.92. The summed E-state index contributed by atoms with van der Waals surface area (Å²) >= 11 is 0. The van der Waals surface area contributed by atoms with E-state index in [4.69, 9.17) is 0 Å². The number of nitrogens with zero attached hydrogens (tertiary/aromatic N) is 2. The molecule has 1 aromatic heterocycles. The molecule has 0 saturated carbocycles. The highest BCUT2D eigenvalue weighted by Crippen LogP contribution is 2.32. The Balaban J connectivity index is 1.93. The van der Waals surface area contributed by atoms with E-state index in [0.717, 1.165) is 24.3 Å². The molecule has 1 aliphatic heterocycles. The van der Waals surface area contributed by atoms with Gasteiger partial charge in [0.05, 0.1) is 23.7 Å². The summed E-state index contributed by atoms with van der Waals surface area (Å²) < 4.78 is 0. The molecule has 3 nitrogen and oxygen atoms in total. The average molecular weight is 282 g/mol. The van der Waals surface area contributed by atoms with Crippen LogP contribution in [0.5, 0.6) is 0 Å². The zero-order valence-electron chi connectivity index (χ0n) is 12.5. The van der Waals surface area contributed by atoms with Crippen molar-refractivity contribution >= 4 is 11.4 Å². The number of fused-ring (bicyclic) bond motifs is 1. The first kappa shape index (κ1) is 14.1. The molecule has 2 heterocycles. The minimum atomic E-state index is -0.463. The topological polar surface area (TPSA) is 36.4 Å². The standard InChI is InChI=1S/C18H22N2O/c1-2-18(21)16-11-10-15(13-19-16)20-12-6-5-8-14-7-3-4-9-17(14)20/h3-4,7,9-11,13,18,21H,2,5-6,8,12H2,1H3. The van der Waals surface area contributed by atoms with Gasteiger partial charge >= 0.3 is 0 Å². The van der Waals surface area contributed by atoms with Crippen molar-refractivity contribution in [1.82, 2.24) is 4.98 Å². The molecule has 1 atom stereocenters. The molecule has 0 amide bonds. The lowest BCUT2D eigenvalue weighted by Crippen LogP contribution is -2.18. The first-order valence-corrected chi connectivity index (χ1v) is 7.79. The Morgan fingerprint density at radius 1 is 1.19 bits per heavy atom. The van der Waals surface area contributed by atoms with Gasteiger partial charge in [0, 0.05) is 12.2 Å². The van der Waals surface area contributed by atoms with Crippen molar-refractivity contribution in [3.05, 3.63) is 53.9 Å². The lowest BCUT2D eigenvalue weighted by molar-refractivity contribution is 0.169. The zero-order valence-corrected chi connectivity index (χ0v) is 12.5. The molecule has 0 radical (unpaired) electrons. The Labute approximate surface area is 126 Å². The summed E-state index contributed by atoms with van der Waals surface area (Å²) in [5.74, 6) is 0. The van der Waals surface area contributed by atoms with E-state index in [1.54, 1.807) is 0 Å². The highest BCUT2D eigenvalue weighted by Gasteiger charge is 2.17. The highest BCUT2D eigenvalue weighted by atomic mass is 16.3. The van der Waals surface area contributed by atoms with Gasteiger partial charge in [-0.1, -0.05) is 25.1 Å². The Morgan fingerprint density at radius 3 is 2.81 bits per heavy atom. The number of benzene rings is 1. The smallest absolute Gasteiger partial charge is 0.0957 e. The molecule has 0 aliphatic carbocycles. The average Bonchev–Trinajstić information content (AvgIpc) is 2.77. The van der Waals surface area contributed by atoms with E-state index in [2.05, 4.69) is 40.2 Å². The summed E-state index contributed by atoms with van der Waals surface area (Å²) in [5, 5.41) is 9.86.